The third-order valence-corrected chi connectivity index (χ3v) is 2.64. The van der Waals surface area contributed by atoms with Gasteiger partial charge in [0.05, 0.1) is 0 Å². The number of oxime groups is 1. The normalized spacial score (nSPS) is 11.5. The number of tetrazole rings is 1. The minimum Gasteiger partial charge on any atom is -0.409 e. The molecular weight excluding hydrogens is 272 g/mol. The van der Waals surface area contributed by atoms with E-state index in [1.807, 2.05) is 30.3 Å². The molecule has 9 heteroatoms. The van der Waals surface area contributed by atoms with Crippen LogP contribution >= 0.6 is 0 Å². The molecule has 0 bridgehead atoms. The summed E-state index contributed by atoms with van der Waals surface area (Å²) in [6, 6.07) is 10.9. The van der Waals surface area contributed by atoms with Crippen LogP contribution in [0.4, 0.5) is 0 Å². The lowest BCUT2D eigenvalue weighted by molar-refractivity contribution is 0.318. The van der Waals surface area contributed by atoms with Gasteiger partial charge in [-0.3, -0.25) is 0 Å². The molecular formula is C12H10N8O. The Morgan fingerprint density at radius 2 is 2.00 bits per heavy atom. The SMILES string of the molecule is N/C(=N/O)c1ccnc(-n2nnc(-c3ccccc3)n2)n1. The molecule has 3 rings (SSSR count). The maximum atomic E-state index is 8.65. The van der Waals surface area contributed by atoms with Crippen molar-refractivity contribution < 1.29 is 5.21 Å². The van der Waals surface area contributed by atoms with E-state index < -0.39 is 0 Å². The van der Waals surface area contributed by atoms with E-state index in [0.29, 0.717) is 5.82 Å². The molecule has 0 saturated heterocycles. The fourth-order valence-corrected chi connectivity index (χ4v) is 1.64. The Bertz CT molecular complexity index is 783. The molecule has 3 N–H and O–H groups in total. The number of hydrogen-bond donors (Lipinski definition) is 2. The highest BCUT2D eigenvalue weighted by molar-refractivity contribution is 5.95. The summed E-state index contributed by atoms with van der Waals surface area (Å²) >= 11 is 0. The summed E-state index contributed by atoms with van der Waals surface area (Å²) in [5.74, 6) is 0.504. The first-order chi connectivity index (χ1) is 10.3. The fraction of sp³-hybridized carbons (Fsp3) is 0. The Hall–Kier alpha value is -3.36. The summed E-state index contributed by atoms with van der Waals surface area (Å²) in [6.07, 6.45) is 1.46. The van der Waals surface area contributed by atoms with Crippen LogP contribution in [-0.4, -0.2) is 41.2 Å². The second kappa shape index (κ2) is 5.33. The van der Waals surface area contributed by atoms with Gasteiger partial charge in [0.2, 0.25) is 5.82 Å². The van der Waals surface area contributed by atoms with Gasteiger partial charge in [-0.15, -0.1) is 10.2 Å². The van der Waals surface area contributed by atoms with Crippen LogP contribution in [0.1, 0.15) is 5.69 Å². The first-order valence-electron chi connectivity index (χ1n) is 5.94. The number of nitrogens with zero attached hydrogens (tertiary/aromatic N) is 7. The summed E-state index contributed by atoms with van der Waals surface area (Å²) in [5, 5.41) is 23.6. The van der Waals surface area contributed by atoms with Crippen LogP contribution < -0.4 is 5.73 Å². The standard InChI is InChI=1S/C12H10N8O/c13-10(18-21)9-6-7-14-12(15-9)20-17-11(16-19-20)8-4-2-1-3-5-8/h1-7,21H,(H2,13,18). The Kier molecular flexibility index (Phi) is 3.21. The van der Waals surface area contributed by atoms with Crippen molar-refractivity contribution in [3.05, 3.63) is 48.3 Å². The molecule has 9 nitrogen and oxygen atoms in total. The smallest absolute Gasteiger partial charge is 0.271 e. The molecule has 0 spiro atoms. The number of aromatic nitrogens is 6. The van der Waals surface area contributed by atoms with E-state index in [0.717, 1.165) is 5.56 Å². The van der Waals surface area contributed by atoms with Gasteiger partial charge in [0.1, 0.15) is 5.69 Å². The quantitative estimate of drug-likeness (QED) is 0.304. The monoisotopic (exact) mass is 282 g/mol. The third kappa shape index (κ3) is 2.52. The average molecular weight is 282 g/mol. The van der Waals surface area contributed by atoms with Gasteiger partial charge in [0.15, 0.2) is 5.84 Å². The van der Waals surface area contributed by atoms with E-state index in [1.165, 1.54) is 17.1 Å². The van der Waals surface area contributed by atoms with Crippen molar-refractivity contribution in [3.8, 4) is 17.3 Å². The minimum atomic E-state index is -0.123. The minimum absolute atomic E-state index is 0.123. The number of hydrogen-bond acceptors (Lipinski definition) is 7. The van der Waals surface area contributed by atoms with Gasteiger partial charge < -0.3 is 10.9 Å². The van der Waals surface area contributed by atoms with Gasteiger partial charge >= 0.3 is 0 Å². The molecule has 0 aliphatic carbocycles. The molecule has 2 aromatic heterocycles. The van der Waals surface area contributed by atoms with Crippen molar-refractivity contribution in [3.63, 3.8) is 0 Å². The van der Waals surface area contributed by atoms with Crippen LogP contribution in [0.2, 0.25) is 0 Å². The number of benzene rings is 1. The number of nitrogens with two attached hydrogens (primary N) is 1. The van der Waals surface area contributed by atoms with Crippen molar-refractivity contribution in [2.24, 2.45) is 10.9 Å². The second-order valence-corrected chi connectivity index (χ2v) is 4.00. The highest BCUT2D eigenvalue weighted by Crippen LogP contribution is 2.12. The van der Waals surface area contributed by atoms with Gasteiger partial charge in [-0.25, -0.2) is 9.97 Å². The maximum absolute atomic E-state index is 8.65. The van der Waals surface area contributed by atoms with Gasteiger partial charge in [-0.05, 0) is 11.3 Å². The lowest BCUT2D eigenvalue weighted by atomic mass is 10.2. The van der Waals surface area contributed by atoms with Crippen LogP contribution in [0.5, 0.6) is 0 Å². The summed E-state index contributed by atoms with van der Waals surface area (Å²) in [7, 11) is 0. The van der Waals surface area contributed by atoms with Crippen molar-refractivity contribution in [2.75, 3.05) is 0 Å². The molecule has 0 aliphatic heterocycles. The van der Waals surface area contributed by atoms with Gasteiger partial charge in [-0.2, -0.15) is 0 Å². The molecule has 3 aromatic rings. The highest BCUT2D eigenvalue weighted by Gasteiger charge is 2.10. The van der Waals surface area contributed by atoms with Crippen molar-refractivity contribution in [1.29, 1.82) is 0 Å². The van der Waals surface area contributed by atoms with E-state index in [1.54, 1.807) is 0 Å². The predicted octanol–water partition coefficient (Wildman–Crippen LogP) is 0.214. The molecule has 0 atom stereocenters. The lowest BCUT2D eigenvalue weighted by Crippen LogP contribution is -2.17. The predicted molar refractivity (Wildman–Crippen MR) is 72.7 cm³/mol. The summed E-state index contributed by atoms with van der Waals surface area (Å²) in [4.78, 5) is 9.30. The van der Waals surface area contributed by atoms with Crippen LogP contribution in [-0.2, 0) is 0 Å². The molecule has 0 amide bonds. The van der Waals surface area contributed by atoms with Crippen molar-refractivity contribution in [1.82, 2.24) is 30.2 Å². The Balaban J connectivity index is 1.97. The summed E-state index contributed by atoms with van der Waals surface area (Å²) in [5.41, 5.74) is 6.58. The Labute approximate surface area is 118 Å². The summed E-state index contributed by atoms with van der Waals surface area (Å²) in [6.45, 7) is 0. The zero-order chi connectivity index (χ0) is 14.7. The lowest BCUT2D eigenvalue weighted by Gasteiger charge is -1.99. The zero-order valence-electron chi connectivity index (χ0n) is 10.7. The van der Waals surface area contributed by atoms with Gasteiger partial charge in [-0.1, -0.05) is 40.3 Å². The van der Waals surface area contributed by atoms with Crippen molar-refractivity contribution in [2.45, 2.75) is 0 Å². The van der Waals surface area contributed by atoms with Crippen molar-refractivity contribution >= 4 is 5.84 Å². The largest absolute Gasteiger partial charge is 0.409 e. The van der Waals surface area contributed by atoms with E-state index in [9.17, 15) is 0 Å². The van der Waals surface area contributed by atoms with Crippen LogP contribution in [0, 0.1) is 0 Å². The van der Waals surface area contributed by atoms with E-state index in [-0.39, 0.29) is 17.5 Å². The first-order valence-corrected chi connectivity index (χ1v) is 5.94. The first kappa shape index (κ1) is 12.7. The topological polar surface area (TPSA) is 128 Å². The summed E-state index contributed by atoms with van der Waals surface area (Å²) < 4.78 is 0. The molecule has 0 unspecified atom stereocenters. The number of amidine groups is 1. The molecule has 1 aromatic carbocycles. The van der Waals surface area contributed by atoms with E-state index in [4.69, 9.17) is 10.9 Å². The fourth-order valence-electron chi connectivity index (χ4n) is 1.64. The van der Waals surface area contributed by atoms with Gasteiger partial charge in [0.25, 0.3) is 5.95 Å². The van der Waals surface area contributed by atoms with Crippen LogP contribution in [0.3, 0.4) is 0 Å². The molecule has 2 heterocycles. The molecule has 21 heavy (non-hydrogen) atoms. The molecule has 104 valence electrons. The van der Waals surface area contributed by atoms with E-state index in [2.05, 4.69) is 30.5 Å². The van der Waals surface area contributed by atoms with Crippen LogP contribution in [0.25, 0.3) is 17.3 Å². The Morgan fingerprint density at radius 3 is 2.76 bits per heavy atom. The second-order valence-electron chi connectivity index (χ2n) is 4.00. The Morgan fingerprint density at radius 1 is 1.19 bits per heavy atom. The third-order valence-electron chi connectivity index (χ3n) is 2.64. The molecule has 0 saturated carbocycles. The maximum Gasteiger partial charge on any atom is 0.271 e. The van der Waals surface area contributed by atoms with Gasteiger partial charge in [0, 0.05) is 11.8 Å². The zero-order valence-corrected chi connectivity index (χ0v) is 10.7. The van der Waals surface area contributed by atoms with E-state index >= 15 is 0 Å². The average Bonchev–Trinajstić information content (AvgIpc) is 3.05. The molecule has 0 aliphatic rings. The van der Waals surface area contributed by atoms with Crippen LogP contribution in [0.15, 0.2) is 47.8 Å². The molecule has 0 radical (unpaired) electrons. The number of rotatable bonds is 3. The molecule has 0 fully saturated rings. The highest BCUT2D eigenvalue weighted by atomic mass is 16.4.